The van der Waals surface area contributed by atoms with Gasteiger partial charge in [-0.3, -0.25) is 19.7 Å². The number of hydrogen-bond donors (Lipinski definition) is 3. The number of rotatable bonds is 13. The predicted octanol–water partition coefficient (Wildman–Crippen LogP) is -0.309. The third-order valence-electron chi connectivity index (χ3n) is 3.93. The molecule has 1 aliphatic rings. The molecule has 1 heterocycles. The van der Waals surface area contributed by atoms with E-state index in [0.717, 1.165) is 0 Å². The van der Waals surface area contributed by atoms with Crippen LogP contribution in [0, 0.1) is 5.92 Å². The standard InChI is InChI=1S/C17H30N2O6S2/c18-17(22)15-12-27-8-1-13(16(21)10-19-15)9-14(20)11-25-5-4-23-2-3-24-6-7-26/h13,15,19,26H,1-12H2,(H2,18,22). The van der Waals surface area contributed by atoms with Crippen LogP contribution in [0.4, 0.5) is 0 Å². The maximum Gasteiger partial charge on any atom is 0.235 e. The number of carbonyl (C=O) groups is 3. The van der Waals surface area contributed by atoms with Gasteiger partial charge in [-0.15, -0.1) is 0 Å². The van der Waals surface area contributed by atoms with E-state index in [1.807, 2.05) is 0 Å². The highest BCUT2D eigenvalue weighted by molar-refractivity contribution is 7.99. The molecule has 1 saturated heterocycles. The van der Waals surface area contributed by atoms with Crippen LogP contribution in [-0.4, -0.2) is 87.0 Å². The summed E-state index contributed by atoms with van der Waals surface area (Å²) >= 11 is 5.59. The Balaban J connectivity index is 2.18. The van der Waals surface area contributed by atoms with Gasteiger partial charge in [0.15, 0.2) is 5.78 Å². The van der Waals surface area contributed by atoms with E-state index in [-0.39, 0.29) is 37.1 Å². The Morgan fingerprint density at radius 3 is 2.48 bits per heavy atom. The lowest BCUT2D eigenvalue weighted by Crippen LogP contribution is -2.45. The van der Waals surface area contributed by atoms with Crippen molar-refractivity contribution in [3.63, 3.8) is 0 Å². The first-order chi connectivity index (χ1) is 13.0. The molecule has 0 bridgehead atoms. The van der Waals surface area contributed by atoms with E-state index in [0.29, 0.717) is 56.7 Å². The summed E-state index contributed by atoms with van der Waals surface area (Å²) in [7, 11) is 0. The Labute approximate surface area is 170 Å². The van der Waals surface area contributed by atoms with Gasteiger partial charge in [0.1, 0.15) is 12.4 Å². The van der Waals surface area contributed by atoms with Gasteiger partial charge in [-0.1, -0.05) is 0 Å². The molecular formula is C17H30N2O6S2. The van der Waals surface area contributed by atoms with E-state index in [4.69, 9.17) is 19.9 Å². The van der Waals surface area contributed by atoms with Crippen molar-refractivity contribution < 1.29 is 28.6 Å². The first kappa shape index (κ1) is 24.4. The van der Waals surface area contributed by atoms with Gasteiger partial charge in [-0.25, -0.2) is 0 Å². The SMILES string of the molecule is NC(=O)C1CSCCC(CC(=O)COCCOCCOCCS)C(=O)CN1. The second-order valence-electron chi connectivity index (χ2n) is 6.11. The van der Waals surface area contributed by atoms with E-state index < -0.39 is 11.9 Å². The first-order valence-corrected chi connectivity index (χ1v) is 10.8. The van der Waals surface area contributed by atoms with Gasteiger partial charge in [-0.2, -0.15) is 24.4 Å². The lowest BCUT2D eigenvalue weighted by molar-refractivity contribution is -0.130. The average molecular weight is 423 g/mol. The highest BCUT2D eigenvalue weighted by Crippen LogP contribution is 2.17. The zero-order valence-corrected chi connectivity index (χ0v) is 17.2. The summed E-state index contributed by atoms with van der Waals surface area (Å²) in [5.41, 5.74) is 5.30. The summed E-state index contributed by atoms with van der Waals surface area (Å²) in [5.74, 6) is 0.921. The number of Topliss-reactive ketones (excluding diaryl/α,β-unsaturated/α-hetero) is 2. The van der Waals surface area contributed by atoms with Crippen LogP contribution in [0.25, 0.3) is 0 Å². The van der Waals surface area contributed by atoms with Crippen molar-refractivity contribution in [3.8, 4) is 0 Å². The van der Waals surface area contributed by atoms with Crippen LogP contribution in [0.2, 0.25) is 0 Å². The topological polar surface area (TPSA) is 117 Å². The molecule has 8 nitrogen and oxygen atoms in total. The molecule has 0 spiro atoms. The number of hydrogen-bond acceptors (Lipinski definition) is 9. The fourth-order valence-corrected chi connectivity index (χ4v) is 3.70. The van der Waals surface area contributed by atoms with E-state index in [1.54, 1.807) is 11.8 Å². The quantitative estimate of drug-likeness (QED) is 0.273. The average Bonchev–Trinajstić information content (AvgIpc) is 2.72. The van der Waals surface area contributed by atoms with Gasteiger partial charge >= 0.3 is 0 Å². The van der Waals surface area contributed by atoms with E-state index in [9.17, 15) is 14.4 Å². The number of thioether (sulfide) groups is 1. The molecule has 3 N–H and O–H groups in total. The molecule has 1 rings (SSSR count). The number of primary amides is 1. The Bertz CT molecular complexity index is 467. The number of thiol groups is 1. The lowest BCUT2D eigenvalue weighted by Gasteiger charge is -2.15. The largest absolute Gasteiger partial charge is 0.378 e. The van der Waals surface area contributed by atoms with Crippen LogP contribution in [0.15, 0.2) is 0 Å². The third kappa shape index (κ3) is 11.7. The Hall–Kier alpha value is -0.650. The van der Waals surface area contributed by atoms with Crippen molar-refractivity contribution in [2.75, 3.05) is 63.4 Å². The van der Waals surface area contributed by atoms with Crippen molar-refractivity contribution in [3.05, 3.63) is 0 Å². The summed E-state index contributed by atoms with van der Waals surface area (Å²) in [6.45, 7) is 2.28. The number of ether oxygens (including phenoxy) is 3. The molecule has 156 valence electrons. The minimum Gasteiger partial charge on any atom is -0.378 e. The highest BCUT2D eigenvalue weighted by Gasteiger charge is 2.25. The van der Waals surface area contributed by atoms with Crippen molar-refractivity contribution >= 4 is 41.9 Å². The first-order valence-electron chi connectivity index (χ1n) is 9.03. The van der Waals surface area contributed by atoms with E-state index in [1.165, 1.54) is 0 Å². The Kier molecular flexibility index (Phi) is 13.8. The summed E-state index contributed by atoms with van der Waals surface area (Å²) in [6.07, 6.45) is 0.762. The lowest BCUT2D eigenvalue weighted by atomic mass is 9.94. The van der Waals surface area contributed by atoms with Gasteiger partial charge in [-0.05, 0) is 12.2 Å². The second kappa shape index (κ2) is 15.3. The van der Waals surface area contributed by atoms with Crippen molar-refractivity contribution in [2.45, 2.75) is 18.9 Å². The van der Waals surface area contributed by atoms with E-state index in [2.05, 4.69) is 17.9 Å². The van der Waals surface area contributed by atoms with Crippen LogP contribution < -0.4 is 11.1 Å². The fourth-order valence-electron chi connectivity index (χ4n) is 2.44. The maximum atomic E-state index is 12.3. The molecular weight excluding hydrogens is 392 g/mol. The minimum absolute atomic E-state index is 0.0340. The van der Waals surface area contributed by atoms with Crippen molar-refractivity contribution in [1.29, 1.82) is 0 Å². The van der Waals surface area contributed by atoms with Crippen LogP contribution in [0.3, 0.4) is 0 Å². The molecule has 2 atom stereocenters. The van der Waals surface area contributed by atoms with Crippen LogP contribution in [-0.2, 0) is 28.6 Å². The summed E-state index contributed by atoms with van der Waals surface area (Å²) in [4.78, 5) is 35.7. The number of nitrogens with two attached hydrogens (primary N) is 1. The summed E-state index contributed by atoms with van der Waals surface area (Å²) < 4.78 is 15.8. The molecule has 0 aliphatic carbocycles. The monoisotopic (exact) mass is 422 g/mol. The molecule has 0 aromatic heterocycles. The van der Waals surface area contributed by atoms with Crippen molar-refractivity contribution in [1.82, 2.24) is 5.32 Å². The second-order valence-corrected chi connectivity index (χ2v) is 7.70. The molecule has 1 fully saturated rings. The van der Waals surface area contributed by atoms with Gasteiger partial charge in [0.25, 0.3) is 0 Å². The molecule has 0 radical (unpaired) electrons. The molecule has 1 aliphatic heterocycles. The number of amides is 1. The van der Waals surface area contributed by atoms with Gasteiger partial charge in [0.05, 0.1) is 45.6 Å². The zero-order valence-electron chi connectivity index (χ0n) is 15.5. The zero-order chi connectivity index (χ0) is 19.9. The maximum absolute atomic E-state index is 12.3. The molecule has 27 heavy (non-hydrogen) atoms. The minimum atomic E-state index is -0.514. The van der Waals surface area contributed by atoms with Crippen LogP contribution in [0.5, 0.6) is 0 Å². The van der Waals surface area contributed by atoms with Crippen LogP contribution in [0.1, 0.15) is 12.8 Å². The normalized spacial score (nSPS) is 21.3. The molecule has 0 aromatic rings. The van der Waals surface area contributed by atoms with Gasteiger partial charge in [0.2, 0.25) is 5.91 Å². The highest BCUT2D eigenvalue weighted by atomic mass is 32.2. The molecule has 0 saturated carbocycles. The van der Waals surface area contributed by atoms with E-state index >= 15 is 0 Å². The van der Waals surface area contributed by atoms with Crippen molar-refractivity contribution in [2.24, 2.45) is 11.7 Å². The van der Waals surface area contributed by atoms with Gasteiger partial charge in [0, 0.05) is 23.8 Å². The summed E-state index contributed by atoms with van der Waals surface area (Å²) in [5, 5.41) is 2.88. The third-order valence-corrected chi connectivity index (χ3v) is 5.21. The number of ketones is 2. The van der Waals surface area contributed by atoms with Gasteiger partial charge < -0.3 is 19.9 Å². The molecule has 0 aromatic carbocycles. The molecule has 10 heteroatoms. The Morgan fingerprint density at radius 1 is 1.15 bits per heavy atom. The number of nitrogens with one attached hydrogen (secondary N) is 1. The Morgan fingerprint density at radius 2 is 1.81 bits per heavy atom. The summed E-state index contributed by atoms with van der Waals surface area (Å²) in [6, 6.07) is -0.514. The predicted molar refractivity (Wildman–Crippen MR) is 107 cm³/mol. The number of carbonyl (C=O) groups excluding carboxylic acids is 3. The molecule has 2 unspecified atom stereocenters. The smallest absolute Gasteiger partial charge is 0.235 e. The molecule has 1 amide bonds. The fraction of sp³-hybridized carbons (Fsp3) is 0.824. The van der Waals surface area contributed by atoms with Crippen LogP contribution >= 0.6 is 24.4 Å².